The third kappa shape index (κ3) is 1.66. The van der Waals surface area contributed by atoms with Crippen molar-refractivity contribution in [3.63, 3.8) is 0 Å². The molecule has 2 bridgehead atoms. The highest BCUT2D eigenvalue weighted by Crippen LogP contribution is 2.48. The summed E-state index contributed by atoms with van der Waals surface area (Å²) in [5.74, 6) is 4.02. The molecule has 0 aromatic carbocycles. The lowest BCUT2D eigenvalue weighted by Crippen LogP contribution is -2.53. The van der Waals surface area contributed by atoms with Crippen molar-refractivity contribution >= 4 is 0 Å². The number of rotatable bonds is 0. The number of nitrogens with one attached hydrogen (secondary N) is 2. The zero-order valence-corrected chi connectivity index (χ0v) is 10.9. The fraction of sp³-hybridized carbons (Fsp3) is 1.00. The summed E-state index contributed by atoms with van der Waals surface area (Å²) in [5.41, 5.74) is 0. The van der Waals surface area contributed by atoms with Crippen LogP contribution in [0.2, 0.25) is 0 Å². The monoisotopic (exact) mass is 235 g/mol. The third-order valence-electron chi connectivity index (χ3n) is 6.03. The quantitative estimate of drug-likeness (QED) is 0.652. The maximum absolute atomic E-state index is 3.72. The van der Waals surface area contributed by atoms with Crippen molar-refractivity contribution in [3.8, 4) is 0 Å². The van der Waals surface area contributed by atoms with E-state index in [2.05, 4.69) is 22.6 Å². The van der Waals surface area contributed by atoms with Gasteiger partial charge in [-0.2, -0.15) is 0 Å². The SMILES string of the molecule is CN1CNC2CC3C4CNCC(C4)CC3CC21. The lowest BCUT2D eigenvalue weighted by molar-refractivity contribution is 0.0177. The van der Waals surface area contributed by atoms with Crippen LogP contribution in [-0.2, 0) is 0 Å². The van der Waals surface area contributed by atoms with Gasteiger partial charge in [-0.15, -0.1) is 0 Å². The van der Waals surface area contributed by atoms with Crippen LogP contribution >= 0.6 is 0 Å². The fourth-order valence-electron chi connectivity index (χ4n) is 5.23. The molecule has 2 saturated carbocycles. The van der Waals surface area contributed by atoms with Gasteiger partial charge in [0.05, 0.1) is 0 Å². The third-order valence-corrected chi connectivity index (χ3v) is 6.03. The first kappa shape index (κ1) is 10.8. The Balaban J connectivity index is 1.55. The summed E-state index contributed by atoms with van der Waals surface area (Å²) in [4.78, 5) is 2.55. The Morgan fingerprint density at radius 3 is 2.82 bits per heavy atom. The molecule has 2 N–H and O–H groups in total. The maximum atomic E-state index is 3.72. The molecule has 4 rings (SSSR count). The summed E-state index contributed by atoms with van der Waals surface area (Å²) in [7, 11) is 2.29. The second kappa shape index (κ2) is 3.94. The van der Waals surface area contributed by atoms with Crippen LogP contribution in [0.25, 0.3) is 0 Å². The first-order valence-corrected chi connectivity index (χ1v) is 7.45. The van der Waals surface area contributed by atoms with E-state index in [9.17, 15) is 0 Å². The number of piperidine rings is 1. The van der Waals surface area contributed by atoms with E-state index in [0.29, 0.717) is 0 Å². The van der Waals surface area contributed by atoms with Crippen LogP contribution in [0.4, 0.5) is 0 Å². The molecule has 96 valence electrons. The van der Waals surface area contributed by atoms with Gasteiger partial charge in [-0.1, -0.05) is 0 Å². The molecule has 3 nitrogen and oxygen atoms in total. The summed E-state index contributed by atoms with van der Waals surface area (Å²) in [5, 5.41) is 7.38. The Bertz CT molecular complexity index is 306. The van der Waals surface area contributed by atoms with Crippen molar-refractivity contribution in [2.24, 2.45) is 23.7 Å². The Labute approximate surface area is 104 Å². The number of hydrogen-bond donors (Lipinski definition) is 2. The van der Waals surface area contributed by atoms with Crippen molar-refractivity contribution in [1.82, 2.24) is 15.5 Å². The fourth-order valence-corrected chi connectivity index (χ4v) is 5.23. The summed E-state index contributed by atoms with van der Waals surface area (Å²) in [6, 6.07) is 1.63. The van der Waals surface area contributed by atoms with Crippen molar-refractivity contribution in [1.29, 1.82) is 0 Å². The summed E-state index contributed by atoms with van der Waals surface area (Å²) < 4.78 is 0. The van der Waals surface area contributed by atoms with Crippen LogP contribution in [0.15, 0.2) is 0 Å². The molecule has 0 amide bonds. The normalized spacial score (nSPS) is 54.2. The van der Waals surface area contributed by atoms with Crippen molar-refractivity contribution in [2.75, 3.05) is 26.8 Å². The van der Waals surface area contributed by atoms with E-state index in [1.54, 1.807) is 0 Å². The van der Waals surface area contributed by atoms with E-state index in [4.69, 9.17) is 0 Å². The number of nitrogens with zero attached hydrogens (tertiary/aromatic N) is 1. The van der Waals surface area contributed by atoms with Crippen LogP contribution in [0.1, 0.15) is 25.7 Å². The van der Waals surface area contributed by atoms with Crippen LogP contribution in [0.3, 0.4) is 0 Å². The number of likely N-dealkylation sites (N-methyl/N-ethyl adjacent to an activating group) is 1. The molecule has 17 heavy (non-hydrogen) atoms. The van der Waals surface area contributed by atoms with E-state index in [-0.39, 0.29) is 0 Å². The zero-order valence-electron chi connectivity index (χ0n) is 10.9. The van der Waals surface area contributed by atoms with E-state index < -0.39 is 0 Å². The summed E-state index contributed by atoms with van der Waals surface area (Å²) in [6.07, 6.45) is 5.93. The highest BCUT2D eigenvalue weighted by atomic mass is 15.3. The molecule has 2 heterocycles. The van der Waals surface area contributed by atoms with Gasteiger partial charge < -0.3 is 5.32 Å². The lowest BCUT2D eigenvalue weighted by Gasteiger charge is -2.51. The summed E-state index contributed by atoms with van der Waals surface area (Å²) in [6.45, 7) is 3.70. The minimum Gasteiger partial charge on any atom is -0.316 e. The van der Waals surface area contributed by atoms with Crippen LogP contribution in [0, 0.1) is 23.7 Å². The maximum Gasteiger partial charge on any atom is 0.0483 e. The molecule has 3 heteroatoms. The zero-order chi connectivity index (χ0) is 11.4. The largest absolute Gasteiger partial charge is 0.316 e. The average Bonchev–Trinajstić information content (AvgIpc) is 2.70. The van der Waals surface area contributed by atoms with Crippen LogP contribution in [-0.4, -0.2) is 43.8 Å². The van der Waals surface area contributed by atoms with Crippen LogP contribution < -0.4 is 10.6 Å². The van der Waals surface area contributed by atoms with Gasteiger partial charge in [0, 0.05) is 18.8 Å². The van der Waals surface area contributed by atoms with E-state index >= 15 is 0 Å². The molecular weight excluding hydrogens is 210 g/mol. The number of fused-ring (bicyclic) bond motifs is 5. The Morgan fingerprint density at radius 1 is 1.00 bits per heavy atom. The topological polar surface area (TPSA) is 27.3 Å². The first-order chi connectivity index (χ1) is 8.31. The molecular formula is C14H25N3. The molecule has 6 unspecified atom stereocenters. The highest BCUT2D eigenvalue weighted by Gasteiger charge is 2.48. The molecule has 6 atom stereocenters. The van der Waals surface area contributed by atoms with Gasteiger partial charge in [0.15, 0.2) is 0 Å². The number of hydrogen-bond acceptors (Lipinski definition) is 3. The second-order valence-electron chi connectivity index (χ2n) is 6.94. The minimum absolute atomic E-state index is 0.791. The average molecular weight is 235 g/mol. The van der Waals surface area contributed by atoms with E-state index in [0.717, 1.165) is 42.4 Å². The standard InChI is InChI=1S/C14H25N3/c1-17-8-16-13-5-12-10(4-14(13)17)2-9-3-11(12)7-15-6-9/h9-16H,2-8H2,1H3. The molecule has 2 saturated heterocycles. The predicted octanol–water partition coefficient (Wildman–Crippen LogP) is 0.872. The molecule has 2 aliphatic heterocycles. The predicted molar refractivity (Wildman–Crippen MR) is 68.6 cm³/mol. The van der Waals surface area contributed by atoms with Gasteiger partial charge >= 0.3 is 0 Å². The molecule has 4 fully saturated rings. The van der Waals surface area contributed by atoms with Gasteiger partial charge in [0.1, 0.15) is 0 Å². The van der Waals surface area contributed by atoms with E-state index in [1.807, 2.05) is 0 Å². The lowest BCUT2D eigenvalue weighted by atomic mass is 9.59. The molecule has 0 radical (unpaired) electrons. The van der Waals surface area contributed by atoms with Crippen molar-refractivity contribution in [3.05, 3.63) is 0 Å². The van der Waals surface area contributed by atoms with Gasteiger partial charge in [-0.3, -0.25) is 10.2 Å². The minimum atomic E-state index is 0.791. The van der Waals surface area contributed by atoms with Gasteiger partial charge in [-0.05, 0) is 69.5 Å². The van der Waals surface area contributed by atoms with E-state index in [1.165, 1.54) is 38.8 Å². The molecule has 0 spiro atoms. The first-order valence-electron chi connectivity index (χ1n) is 7.45. The molecule has 0 aromatic heterocycles. The Hall–Kier alpha value is -0.120. The highest BCUT2D eigenvalue weighted by molar-refractivity contribution is 5.02. The Morgan fingerprint density at radius 2 is 1.88 bits per heavy atom. The molecule has 2 aliphatic carbocycles. The van der Waals surface area contributed by atoms with Gasteiger partial charge in [0.25, 0.3) is 0 Å². The van der Waals surface area contributed by atoms with Crippen molar-refractivity contribution < 1.29 is 0 Å². The smallest absolute Gasteiger partial charge is 0.0483 e. The molecule has 4 aliphatic rings. The van der Waals surface area contributed by atoms with Gasteiger partial charge in [-0.25, -0.2) is 0 Å². The van der Waals surface area contributed by atoms with Crippen molar-refractivity contribution in [2.45, 2.75) is 37.8 Å². The summed E-state index contributed by atoms with van der Waals surface area (Å²) >= 11 is 0. The van der Waals surface area contributed by atoms with Gasteiger partial charge in [0.2, 0.25) is 0 Å². The van der Waals surface area contributed by atoms with Crippen LogP contribution in [0.5, 0.6) is 0 Å². The Kier molecular flexibility index (Phi) is 2.50. The second-order valence-corrected chi connectivity index (χ2v) is 6.94. The molecule has 0 aromatic rings.